The Hall–Kier alpha value is -1.32. The summed E-state index contributed by atoms with van der Waals surface area (Å²) >= 11 is 0. The Balaban J connectivity index is 2.04. The number of aromatic nitrogens is 2. The average Bonchev–Trinajstić information content (AvgIpc) is 2.93. The van der Waals surface area contributed by atoms with Crippen molar-refractivity contribution in [2.24, 2.45) is 0 Å². The van der Waals surface area contributed by atoms with E-state index >= 15 is 0 Å². The Kier molecular flexibility index (Phi) is 3.66. The highest BCUT2D eigenvalue weighted by Crippen LogP contribution is 2.50. The number of fused-ring (bicyclic) bond motifs is 1. The molecule has 0 aliphatic heterocycles. The summed E-state index contributed by atoms with van der Waals surface area (Å²) in [7, 11) is 0. The fourth-order valence-corrected chi connectivity index (χ4v) is 3.25. The molecular weight excluding hydrogens is 333 g/mol. The van der Waals surface area contributed by atoms with Gasteiger partial charge in [0, 0.05) is 18.4 Å². The van der Waals surface area contributed by atoms with Gasteiger partial charge in [-0.05, 0) is 12.8 Å². The van der Waals surface area contributed by atoms with Gasteiger partial charge in [-0.15, -0.1) is 0 Å². The van der Waals surface area contributed by atoms with Gasteiger partial charge in [0.05, 0.1) is 11.7 Å². The van der Waals surface area contributed by atoms with E-state index in [1.54, 1.807) is 0 Å². The molecule has 1 aromatic heterocycles. The van der Waals surface area contributed by atoms with Crippen LogP contribution in [0.2, 0.25) is 0 Å². The molecule has 3 rings (SSSR count). The molecule has 3 nitrogen and oxygen atoms in total. The Morgan fingerprint density at radius 2 is 1.70 bits per heavy atom. The smallest absolute Gasteiger partial charge is 0.385 e. The van der Waals surface area contributed by atoms with Crippen LogP contribution in [0.25, 0.3) is 0 Å². The number of aliphatic hydroxyl groups is 1. The van der Waals surface area contributed by atoms with Crippen molar-refractivity contribution in [3.8, 4) is 0 Å². The maximum Gasteiger partial charge on any atom is 0.435 e. The van der Waals surface area contributed by atoms with Gasteiger partial charge < -0.3 is 5.11 Å². The molecule has 23 heavy (non-hydrogen) atoms. The third-order valence-electron chi connectivity index (χ3n) is 4.42. The van der Waals surface area contributed by atoms with Crippen LogP contribution in [0.4, 0.5) is 30.7 Å². The number of hydrogen-bond donors (Lipinski definition) is 1. The van der Waals surface area contributed by atoms with Crippen molar-refractivity contribution in [1.29, 1.82) is 0 Å². The third-order valence-corrected chi connectivity index (χ3v) is 4.42. The molecule has 0 radical (unpaired) electrons. The van der Waals surface area contributed by atoms with Crippen LogP contribution in [-0.2, 0) is 6.18 Å². The van der Waals surface area contributed by atoms with Crippen LogP contribution in [-0.4, -0.2) is 27.0 Å². The van der Waals surface area contributed by atoms with Gasteiger partial charge in [0.15, 0.2) is 18.0 Å². The molecule has 0 saturated heterocycles. The molecule has 3 atom stereocenters. The second kappa shape index (κ2) is 5.09. The molecule has 1 aromatic rings. The fourth-order valence-electron chi connectivity index (χ4n) is 3.25. The number of halogens is 7. The minimum atomic E-state index is -5.00. The zero-order valence-electron chi connectivity index (χ0n) is 11.6. The molecule has 0 unspecified atom stereocenters. The molecule has 2 aliphatic rings. The molecule has 0 aromatic carbocycles. The maximum absolute atomic E-state index is 14.0. The molecule has 130 valence electrons. The lowest BCUT2D eigenvalue weighted by molar-refractivity contribution is -0.143. The summed E-state index contributed by atoms with van der Waals surface area (Å²) in [6.07, 6.45) is -13.8. The highest BCUT2D eigenvalue weighted by molar-refractivity contribution is 5.39. The summed E-state index contributed by atoms with van der Waals surface area (Å²) in [6.45, 7) is 0. The van der Waals surface area contributed by atoms with Crippen molar-refractivity contribution < 1.29 is 35.8 Å². The predicted molar refractivity (Wildman–Crippen MR) is 63.4 cm³/mol. The highest BCUT2D eigenvalue weighted by atomic mass is 19.4. The fraction of sp³-hybridized carbons (Fsp3) is 0.769. The van der Waals surface area contributed by atoms with Gasteiger partial charge in [-0.25, -0.2) is 17.6 Å². The average molecular weight is 346 g/mol. The summed E-state index contributed by atoms with van der Waals surface area (Å²) in [6, 6.07) is -0.879. The van der Waals surface area contributed by atoms with Gasteiger partial charge in [0.1, 0.15) is 6.10 Å². The van der Waals surface area contributed by atoms with Gasteiger partial charge >= 0.3 is 6.18 Å². The number of aliphatic hydroxyl groups excluding tert-OH is 1. The van der Waals surface area contributed by atoms with Crippen molar-refractivity contribution >= 4 is 0 Å². The predicted octanol–water partition coefficient (Wildman–Crippen LogP) is 4.05. The molecule has 1 heterocycles. The minimum absolute atomic E-state index is 0.196. The van der Waals surface area contributed by atoms with Gasteiger partial charge in [-0.3, -0.25) is 4.68 Å². The Bertz CT molecular complexity index is 602. The Morgan fingerprint density at radius 3 is 2.22 bits per heavy atom. The minimum Gasteiger partial charge on any atom is -0.385 e. The molecule has 1 saturated carbocycles. The molecular formula is C13H13F7N2O. The second-order valence-electron chi connectivity index (χ2n) is 5.97. The Labute approximate surface area is 126 Å². The van der Waals surface area contributed by atoms with E-state index in [1.807, 2.05) is 0 Å². The van der Waals surface area contributed by atoms with Gasteiger partial charge in [0.2, 0.25) is 5.92 Å². The second-order valence-corrected chi connectivity index (χ2v) is 5.97. The van der Waals surface area contributed by atoms with E-state index in [9.17, 15) is 35.8 Å². The van der Waals surface area contributed by atoms with Crippen LogP contribution < -0.4 is 0 Å². The summed E-state index contributed by atoms with van der Waals surface area (Å²) < 4.78 is 93.7. The zero-order valence-corrected chi connectivity index (χ0v) is 11.6. The van der Waals surface area contributed by atoms with E-state index < -0.39 is 66.4 Å². The van der Waals surface area contributed by atoms with Crippen LogP contribution in [0.3, 0.4) is 0 Å². The normalized spacial score (nSPS) is 31.4. The molecule has 2 aliphatic carbocycles. The standard InChI is InChI=1S/C13H13F7N2O/c14-7-8(15)10(23)6-9(7)22(21-11(6)13(18,19)20)5-1-3-12(16,17)4-2-5/h5,7-8,10,23H,1-4H2/t7-,8-,10+/m1/s1. The van der Waals surface area contributed by atoms with Crippen LogP contribution >= 0.6 is 0 Å². The van der Waals surface area contributed by atoms with Gasteiger partial charge in [-0.2, -0.15) is 18.3 Å². The first-order chi connectivity index (χ1) is 10.5. The molecule has 1 fully saturated rings. The summed E-state index contributed by atoms with van der Waals surface area (Å²) in [5.41, 5.74) is -3.16. The largest absolute Gasteiger partial charge is 0.435 e. The lowest BCUT2D eigenvalue weighted by atomic mass is 9.92. The lowest BCUT2D eigenvalue weighted by Gasteiger charge is -2.29. The third kappa shape index (κ3) is 2.60. The SMILES string of the molecule is O[C@H]1c2c(C(F)(F)F)nn(C3CCC(F)(F)CC3)c2[C@H](F)[C@H]1F. The molecule has 0 amide bonds. The highest BCUT2D eigenvalue weighted by Gasteiger charge is 2.52. The molecule has 0 spiro atoms. The summed E-state index contributed by atoms with van der Waals surface area (Å²) in [5.74, 6) is -2.92. The topological polar surface area (TPSA) is 38.1 Å². The summed E-state index contributed by atoms with van der Waals surface area (Å²) in [5, 5.41) is 12.9. The van der Waals surface area contributed by atoms with Crippen molar-refractivity contribution in [2.45, 2.75) is 62.3 Å². The van der Waals surface area contributed by atoms with Crippen LogP contribution in [0.5, 0.6) is 0 Å². The Morgan fingerprint density at radius 1 is 1.13 bits per heavy atom. The van der Waals surface area contributed by atoms with E-state index in [0.29, 0.717) is 4.68 Å². The van der Waals surface area contributed by atoms with Crippen molar-refractivity contribution in [2.75, 3.05) is 0 Å². The number of rotatable bonds is 1. The van der Waals surface area contributed by atoms with Crippen LogP contribution in [0, 0.1) is 0 Å². The van der Waals surface area contributed by atoms with Crippen molar-refractivity contribution in [3.63, 3.8) is 0 Å². The van der Waals surface area contributed by atoms with Crippen LogP contribution in [0.15, 0.2) is 0 Å². The van der Waals surface area contributed by atoms with E-state index in [1.165, 1.54) is 0 Å². The van der Waals surface area contributed by atoms with E-state index in [-0.39, 0.29) is 12.8 Å². The first-order valence-electron chi connectivity index (χ1n) is 7.06. The first-order valence-corrected chi connectivity index (χ1v) is 7.06. The van der Waals surface area contributed by atoms with Crippen molar-refractivity contribution in [1.82, 2.24) is 9.78 Å². The molecule has 0 bridgehead atoms. The number of hydrogen-bond acceptors (Lipinski definition) is 2. The van der Waals surface area contributed by atoms with Crippen LogP contribution in [0.1, 0.15) is 61.0 Å². The monoisotopic (exact) mass is 346 g/mol. The van der Waals surface area contributed by atoms with Gasteiger partial charge in [-0.1, -0.05) is 0 Å². The van der Waals surface area contributed by atoms with Gasteiger partial charge in [0.25, 0.3) is 0 Å². The van der Waals surface area contributed by atoms with E-state index in [2.05, 4.69) is 5.10 Å². The molecule has 10 heteroatoms. The summed E-state index contributed by atoms with van der Waals surface area (Å²) in [4.78, 5) is 0. The quantitative estimate of drug-likeness (QED) is 0.779. The number of nitrogens with zero attached hydrogens (tertiary/aromatic N) is 2. The van der Waals surface area contributed by atoms with E-state index in [0.717, 1.165) is 0 Å². The van der Waals surface area contributed by atoms with Crippen molar-refractivity contribution in [3.05, 3.63) is 17.0 Å². The maximum atomic E-state index is 14.0. The zero-order chi connectivity index (χ0) is 17.2. The lowest BCUT2D eigenvalue weighted by Crippen LogP contribution is -2.28. The molecule has 1 N–H and O–H groups in total. The number of alkyl halides is 7. The van der Waals surface area contributed by atoms with E-state index in [4.69, 9.17) is 0 Å². The first kappa shape index (κ1) is 16.5.